The second-order valence-corrected chi connectivity index (χ2v) is 7.53. The molecule has 1 saturated carbocycles. The zero-order valence-corrected chi connectivity index (χ0v) is 15.9. The molecule has 1 aromatic heterocycles. The molecule has 6 heteroatoms. The van der Waals surface area contributed by atoms with Gasteiger partial charge in [0.2, 0.25) is 0 Å². The maximum atomic E-state index is 11.6. The number of benzene rings is 1. The van der Waals surface area contributed by atoms with E-state index < -0.39 is 6.09 Å². The van der Waals surface area contributed by atoms with Gasteiger partial charge in [-0.2, -0.15) is 5.10 Å². The molecular formula is C21H27N3O3. The lowest BCUT2D eigenvalue weighted by Gasteiger charge is -2.18. The lowest BCUT2D eigenvalue weighted by atomic mass is 10.1. The number of methoxy groups -OCH3 is 1. The van der Waals surface area contributed by atoms with Crippen LogP contribution in [0.1, 0.15) is 49.8 Å². The average molecular weight is 369 g/mol. The highest BCUT2D eigenvalue weighted by molar-refractivity contribution is 5.91. The minimum absolute atomic E-state index is 0.184. The van der Waals surface area contributed by atoms with Crippen molar-refractivity contribution in [1.82, 2.24) is 14.7 Å². The Morgan fingerprint density at radius 3 is 2.93 bits per heavy atom. The van der Waals surface area contributed by atoms with Gasteiger partial charge in [-0.1, -0.05) is 18.2 Å². The number of rotatable bonds is 8. The molecule has 0 saturated heterocycles. The van der Waals surface area contributed by atoms with Crippen molar-refractivity contribution in [2.24, 2.45) is 0 Å². The van der Waals surface area contributed by atoms with Gasteiger partial charge >= 0.3 is 6.09 Å². The van der Waals surface area contributed by atoms with Gasteiger partial charge in [0.1, 0.15) is 0 Å². The van der Waals surface area contributed by atoms with E-state index in [9.17, 15) is 9.90 Å². The van der Waals surface area contributed by atoms with E-state index in [-0.39, 0.29) is 6.04 Å². The Bertz CT molecular complexity index is 867. The van der Waals surface area contributed by atoms with Crippen molar-refractivity contribution in [1.29, 1.82) is 0 Å². The van der Waals surface area contributed by atoms with Gasteiger partial charge in [0.15, 0.2) is 0 Å². The molecule has 4 rings (SSSR count). The number of nitrogens with zero attached hydrogens (tertiary/aromatic N) is 3. The van der Waals surface area contributed by atoms with E-state index >= 15 is 0 Å². The van der Waals surface area contributed by atoms with Crippen LogP contribution in [0.2, 0.25) is 0 Å². The topological polar surface area (TPSA) is 67.6 Å². The lowest BCUT2D eigenvalue weighted by Crippen LogP contribution is -2.30. The molecule has 2 aliphatic carbocycles. The minimum atomic E-state index is -0.831. The monoisotopic (exact) mass is 369 g/mol. The zero-order chi connectivity index (χ0) is 18.8. The third-order valence-corrected chi connectivity index (χ3v) is 5.47. The van der Waals surface area contributed by atoms with Crippen molar-refractivity contribution in [3.63, 3.8) is 0 Å². The van der Waals surface area contributed by atoms with Crippen LogP contribution in [0.15, 0.2) is 24.3 Å². The van der Waals surface area contributed by atoms with Crippen molar-refractivity contribution < 1.29 is 14.6 Å². The van der Waals surface area contributed by atoms with Crippen LogP contribution in [0.3, 0.4) is 0 Å². The number of aryl methyl sites for hydroxylation is 1. The van der Waals surface area contributed by atoms with Crippen molar-refractivity contribution in [3.05, 3.63) is 35.5 Å². The quantitative estimate of drug-likeness (QED) is 0.705. The number of aromatic nitrogens is 2. The van der Waals surface area contributed by atoms with Crippen LogP contribution in [-0.2, 0) is 17.8 Å². The highest BCUT2D eigenvalue weighted by Gasteiger charge is 2.32. The molecule has 1 amide bonds. The number of carbonyl (C=O) groups is 1. The average Bonchev–Trinajstić information content (AvgIpc) is 3.22. The number of carboxylic acid groups (broad SMARTS) is 1. The van der Waals surface area contributed by atoms with Crippen LogP contribution in [0, 0.1) is 0 Å². The SMILES string of the molecule is COCCCn1nc(C2=CCCC2)c2ccc(CN(C(=O)O)C3CC3)cc21. The van der Waals surface area contributed by atoms with Gasteiger partial charge in [-0.05, 0) is 55.7 Å². The second-order valence-electron chi connectivity index (χ2n) is 7.53. The Hall–Kier alpha value is -2.34. The van der Waals surface area contributed by atoms with Crippen LogP contribution in [0.5, 0.6) is 0 Å². The third kappa shape index (κ3) is 3.86. The van der Waals surface area contributed by atoms with E-state index in [1.54, 1.807) is 12.0 Å². The van der Waals surface area contributed by atoms with Gasteiger partial charge in [-0.3, -0.25) is 4.68 Å². The first-order valence-corrected chi connectivity index (χ1v) is 9.84. The standard InChI is InChI=1S/C21H27N3O3/c1-27-12-4-11-24-19-13-15(14-23(21(25)26)17-8-9-17)7-10-18(19)20(22-24)16-5-2-3-6-16/h5,7,10,13,17H,2-4,6,8-9,11-12,14H2,1H3,(H,25,26). The fraction of sp³-hybridized carbons (Fsp3) is 0.524. The number of ether oxygens (including phenoxy) is 1. The molecule has 0 bridgehead atoms. The fourth-order valence-corrected chi connectivity index (χ4v) is 3.91. The van der Waals surface area contributed by atoms with Crippen LogP contribution >= 0.6 is 0 Å². The number of amides is 1. The number of hydrogen-bond donors (Lipinski definition) is 1. The Balaban J connectivity index is 1.67. The summed E-state index contributed by atoms with van der Waals surface area (Å²) in [5, 5.41) is 15.6. The molecular weight excluding hydrogens is 342 g/mol. The maximum Gasteiger partial charge on any atom is 0.407 e. The molecule has 1 N–H and O–H groups in total. The highest BCUT2D eigenvalue weighted by Crippen LogP contribution is 2.33. The summed E-state index contributed by atoms with van der Waals surface area (Å²) in [5.41, 5.74) is 4.54. The predicted molar refractivity (Wildman–Crippen MR) is 105 cm³/mol. The second kappa shape index (κ2) is 7.72. The summed E-state index contributed by atoms with van der Waals surface area (Å²) < 4.78 is 7.26. The van der Waals surface area contributed by atoms with E-state index in [0.717, 1.165) is 60.8 Å². The van der Waals surface area contributed by atoms with E-state index in [1.807, 2.05) is 0 Å². The van der Waals surface area contributed by atoms with Gasteiger partial charge in [-0.25, -0.2) is 4.79 Å². The zero-order valence-electron chi connectivity index (χ0n) is 15.9. The van der Waals surface area contributed by atoms with E-state index in [2.05, 4.69) is 29.0 Å². The summed E-state index contributed by atoms with van der Waals surface area (Å²) in [7, 11) is 1.71. The van der Waals surface area contributed by atoms with Gasteiger partial charge < -0.3 is 14.7 Å². The third-order valence-electron chi connectivity index (χ3n) is 5.47. The lowest BCUT2D eigenvalue weighted by molar-refractivity contribution is 0.139. The molecule has 1 fully saturated rings. The maximum absolute atomic E-state index is 11.6. The highest BCUT2D eigenvalue weighted by atomic mass is 16.5. The molecule has 6 nitrogen and oxygen atoms in total. The largest absolute Gasteiger partial charge is 0.465 e. The van der Waals surface area contributed by atoms with Crippen LogP contribution < -0.4 is 0 Å². The first-order valence-electron chi connectivity index (χ1n) is 9.84. The molecule has 2 aliphatic rings. The Morgan fingerprint density at radius 1 is 1.41 bits per heavy atom. The van der Waals surface area contributed by atoms with Gasteiger partial charge in [-0.15, -0.1) is 0 Å². The van der Waals surface area contributed by atoms with Crippen molar-refractivity contribution in [2.75, 3.05) is 13.7 Å². The van der Waals surface area contributed by atoms with E-state index in [4.69, 9.17) is 9.84 Å². The molecule has 144 valence electrons. The number of hydrogen-bond acceptors (Lipinski definition) is 3. The Kier molecular flexibility index (Phi) is 5.16. The Labute approximate surface area is 159 Å². The van der Waals surface area contributed by atoms with Crippen molar-refractivity contribution in [2.45, 2.75) is 57.7 Å². The Morgan fingerprint density at radius 2 is 2.26 bits per heavy atom. The molecule has 2 aromatic rings. The van der Waals surface area contributed by atoms with Crippen LogP contribution in [0.25, 0.3) is 16.5 Å². The fourth-order valence-electron chi connectivity index (χ4n) is 3.91. The van der Waals surface area contributed by atoms with Crippen molar-refractivity contribution >= 4 is 22.6 Å². The smallest absolute Gasteiger partial charge is 0.407 e. The molecule has 0 unspecified atom stereocenters. The molecule has 27 heavy (non-hydrogen) atoms. The van der Waals surface area contributed by atoms with Gasteiger partial charge in [0, 0.05) is 38.2 Å². The first-order chi connectivity index (χ1) is 13.2. The van der Waals surface area contributed by atoms with Gasteiger partial charge in [0.05, 0.1) is 11.2 Å². The molecule has 0 radical (unpaired) electrons. The summed E-state index contributed by atoms with van der Waals surface area (Å²) in [4.78, 5) is 13.1. The van der Waals surface area contributed by atoms with Gasteiger partial charge in [0.25, 0.3) is 0 Å². The molecule has 1 aromatic carbocycles. The molecule has 0 atom stereocenters. The molecule has 0 spiro atoms. The van der Waals surface area contributed by atoms with E-state index in [0.29, 0.717) is 13.2 Å². The summed E-state index contributed by atoms with van der Waals surface area (Å²) >= 11 is 0. The van der Waals surface area contributed by atoms with E-state index in [1.165, 1.54) is 12.0 Å². The van der Waals surface area contributed by atoms with Crippen LogP contribution in [-0.4, -0.2) is 45.6 Å². The summed E-state index contributed by atoms with van der Waals surface area (Å²) in [6.07, 6.45) is 7.72. The number of allylic oxidation sites excluding steroid dienone is 2. The summed E-state index contributed by atoms with van der Waals surface area (Å²) in [6, 6.07) is 6.48. The predicted octanol–water partition coefficient (Wildman–Crippen LogP) is 4.28. The minimum Gasteiger partial charge on any atom is -0.465 e. The van der Waals surface area contributed by atoms with Crippen LogP contribution in [0.4, 0.5) is 4.79 Å². The first kappa shape index (κ1) is 18.0. The summed E-state index contributed by atoms with van der Waals surface area (Å²) in [6.45, 7) is 1.94. The number of fused-ring (bicyclic) bond motifs is 1. The van der Waals surface area contributed by atoms with Crippen molar-refractivity contribution in [3.8, 4) is 0 Å². The molecule has 0 aliphatic heterocycles. The molecule has 1 heterocycles. The normalized spacial score (nSPS) is 16.7. The summed E-state index contributed by atoms with van der Waals surface area (Å²) in [5.74, 6) is 0.